The quantitative estimate of drug-likeness (QED) is 0.651. The molecular weight excluding hydrogens is 458 g/mol. The van der Waals surface area contributed by atoms with E-state index in [0.29, 0.717) is 59.7 Å². The Labute approximate surface area is 205 Å². The Bertz CT molecular complexity index is 1030. The van der Waals surface area contributed by atoms with Crippen molar-refractivity contribution >= 4 is 34.8 Å². The summed E-state index contributed by atoms with van der Waals surface area (Å²) >= 11 is 6.57. The molecule has 0 spiro atoms. The fourth-order valence-corrected chi connectivity index (χ4v) is 4.18. The third kappa shape index (κ3) is 5.50. The molecule has 0 aromatic heterocycles. The van der Waals surface area contributed by atoms with Gasteiger partial charge < -0.3 is 29.3 Å². The Morgan fingerprint density at radius 2 is 1.50 bits per heavy atom. The lowest BCUT2D eigenvalue weighted by Gasteiger charge is -2.39. The first-order valence-electron chi connectivity index (χ1n) is 11.0. The van der Waals surface area contributed by atoms with Crippen LogP contribution < -0.4 is 24.4 Å². The first-order chi connectivity index (χ1) is 16.1. The molecular formula is C25H32ClN3O5. The van der Waals surface area contributed by atoms with Gasteiger partial charge in [-0.3, -0.25) is 9.59 Å². The topological polar surface area (TPSA) is 80.3 Å². The molecule has 2 aromatic carbocycles. The van der Waals surface area contributed by atoms with Gasteiger partial charge in [0, 0.05) is 42.8 Å². The van der Waals surface area contributed by atoms with E-state index in [1.807, 2.05) is 37.8 Å². The molecule has 0 aliphatic carbocycles. The molecule has 1 heterocycles. The minimum Gasteiger partial charge on any atom is -0.493 e. The molecule has 184 valence electrons. The number of ether oxygens (including phenoxy) is 3. The summed E-state index contributed by atoms with van der Waals surface area (Å²) in [4.78, 5) is 29.5. The van der Waals surface area contributed by atoms with Gasteiger partial charge in [-0.2, -0.15) is 0 Å². The fraction of sp³-hybridized carbons (Fsp3) is 0.440. The lowest BCUT2D eigenvalue weighted by atomic mass is 9.94. The molecule has 34 heavy (non-hydrogen) atoms. The Kier molecular flexibility index (Phi) is 7.82. The van der Waals surface area contributed by atoms with E-state index >= 15 is 0 Å². The molecule has 0 atom stereocenters. The van der Waals surface area contributed by atoms with Gasteiger partial charge in [0.05, 0.1) is 32.0 Å². The molecule has 0 unspecified atom stereocenters. The number of nitrogens with one attached hydrogen (secondary N) is 1. The summed E-state index contributed by atoms with van der Waals surface area (Å²) in [6.45, 7) is 8.48. The molecule has 1 aliphatic heterocycles. The first-order valence-corrected chi connectivity index (χ1v) is 11.4. The molecule has 3 rings (SSSR count). The number of halogens is 1. The van der Waals surface area contributed by atoms with Gasteiger partial charge in [-0.25, -0.2) is 0 Å². The summed E-state index contributed by atoms with van der Waals surface area (Å²) < 4.78 is 16.0. The van der Waals surface area contributed by atoms with Gasteiger partial charge in [0.1, 0.15) is 0 Å². The van der Waals surface area contributed by atoms with Crippen LogP contribution in [0.1, 0.15) is 31.1 Å². The fourth-order valence-electron chi connectivity index (χ4n) is 3.88. The maximum atomic E-state index is 12.9. The Morgan fingerprint density at radius 1 is 0.912 bits per heavy atom. The van der Waals surface area contributed by atoms with Crippen LogP contribution in [0.4, 0.5) is 11.4 Å². The van der Waals surface area contributed by atoms with Crippen LogP contribution in [0.5, 0.6) is 17.2 Å². The highest BCUT2D eigenvalue weighted by Crippen LogP contribution is 2.38. The second-order valence-corrected chi connectivity index (χ2v) is 9.47. The van der Waals surface area contributed by atoms with E-state index in [9.17, 15) is 9.59 Å². The van der Waals surface area contributed by atoms with Crippen molar-refractivity contribution in [1.29, 1.82) is 0 Å². The van der Waals surface area contributed by atoms with Crippen LogP contribution in [0.25, 0.3) is 0 Å². The lowest BCUT2D eigenvalue weighted by Crippen LogP contribution is -2.51. The summed E-state index contributed by atoms with van der Waals surface area (Å²) in [6, 6.07) is 8.59. The molecule has 8 nitrogen and oxygen atoms in total. The number of hydrogen-bond acceptors (Lipinski definition) is 6. The van der Waals surface area contributed by atoms with E-state index in [1.165, 1.54) is 21.3 Å². The van der Waals surface area contributed by atoms with Crippen LogP contribution in [-0.2, 0) is 4.79 Å². The van der Waals surface area contributed by atoms with E-state index in [1.54, 1.807) is 18.2 Å². The lowest BCUT2D eigenvalue weighted by molar-refractivity contribution is -0.139. The summed E-state index contributed by atoms with van der Waals surface area (Å²) in [5.74, 6) is 1.02. The predicted octanol–water partition coefficient (Wildman–Crippen LogP) is 4.31. The normalized spacial score (nSPS) is 14.0. The smallest absolute Gasteiger partial charge is 0.255 e. The van der Waals surface area contributed by atoms with Gasteiger partial charge in [-0.05, 0) is 30.3 Å². The number of carbonyl (C=O) groups is 2. The van der Waals surface area contributed by atoms with E-state index in [-0.39, 0.29) is 11.8 Å². The van der Waals surface area contributed by atoms with Crippen molar-refractivity contribution in [2.45, 2.75) is 20.8 Å². The zero-order valence-electron chi connectivity index (χ0n) is 20.5. The number of carbonyl (C=O) groups excluding carboxylic acids is 2. The molecule has 0 saturated carbocycles. The number of piperazine rings is 1. The van der Waals surface area contributed by atoms with Gasteiger partial charge in [-0.15, -0.1) is 0 Å². The molecule has 1 fully saturated rings. The second kappa shape index (κ2) is 10.4. The number of anilines is 2. The maximum absolute atomic E-state index is 12.9. The van der Waals surface area contributed by atoms with Gasteiger partial charge in [0.15, 0.2) is 11.5 Å². The van der Waals surface area contributed by atoms with E-state index < -0.39 is 5.41 Å². The predicted molar refractivity (Wildman–Crippen MR) is 134 cm³/mol. The van der Waals surface area contributed by atoms with Crippen molar-refractivity contribution in [2.75, 3.05) is 57.7 Å². The van der Waals surface area contributed by atoms with Crippen molar-refractivity contribution in [3.63, 3.8) is 0 Å². The van der Waals surface area contributed by atoms with Crippen LogP contribution in [0.15, 0.2) is 30.3 Å². The number of nitrogens with zero attached hydrogens (tertiary/aromatic N) is 2. The number of amides is 2. The molecule has 0 radical (unpaired) electrons. The van der Waals surface area contributed by atoms with Crippen LogP contribution in [0.3, 0.4) is 0 Å². The second-order valence-electron chi connectivity index (χ2n) is 9.06. The average Bonchev–Trinajstić information content (AvgIpc) is 2.82. The summed E-state index contributed by atoms with van der Waals surface area (Å²) in [6.07, 6.45) is 0. The largest absolute Gasteiger partial charge is 0.493 e. The van der Waals surface area contributed by atoms with Crippen molar-refractivity contribution in [1.82, 2.24) is 4.90 Å². The van der Waals surface area contributed by atoms with E-state index in [0.717, 1.165) is 5.69 Å². The molecule has 0 bridgehead atoms. The average molecular weight is 490 g/mol. The number of methoxy groups -OCH3 is 3. The minimum atomic E-state index is -0.391. The minimum absolute atomic E-state index is 0.156. The van der Waals surface area contributed by atoms with Crippen molar-refractivity contribution in [2.24, 2.45) is 5.41 Å². The van der Waals surface area contributed by atoms with Gasteiger partial charge in [0.25, 0.3) is 5.91 Å². The van der Waals surface area contributed by atoms with Crippen molar-refractivity contribution in [3.05, 3.63) is 40.9 Å². The van der Waals surface area contributed by atoms with Crippen LogP contribution >= 0.6 is 11.6 Å². The molecule has 1 saturated heterocycles. The van der Waals surface area contributed by atoms with Crippen molar-refractivity contribution in [3.8, 4) is 17.2 Å². The first kappa shape index (κ1) is 25.5. The maximum Gasteiger partial charge on any atom is 0.255 e. The summed E-state index contributed by atoms with van der Waals surface area (Å²) in [5, 5.41) is 3.39. The van der Waals surface area contributed by atoms with Gasteiger partial charge in [0.2, 0.25) is 11.7 Å². The number of benzene rings is 2. The van der Waals surface area contributed by atoms with Crippen molar-refractivity contribution < 1.29 is 23.8 Å². The summed E-state index contributed by atoms with van der Waals surface area (Å²) in [5.41, 5.74) is 1.40. The Morgan fingerprint density at radius 3 is 1.97 bits per heavy atom. The monoisotopic (exact) mass is 489 g/mol. The van der Waals surface area contributed by atoms with Crippen LogP contribution in [0.2, 0.25) is 5.02 Å². The third-order valence-corrected chi connectivity index (χ3v) is 5.98. The number of hydrogen-bond donors (Lipinski definition) is 1. The van der Waals surface area contributed by atoms with Gasteiger partial charge in [-0.1, -0.05) is 32.4 Å². The van der Waals surface area contributed by atoms with Crippen LogP contribution in [-0.4, -0.2) is 64.2 Å². The van der Waals surface area contributed by atoms with Crippen LogP contribution in [0, 0.1) is 5.41 Å². The van der Waals surface area contributed by atoms with E-state index in [2.05, 4.69) is 10.2 Å². The molecule has 2 aromatic rings. The zero-order valence-corrected chi connectivity index (χ0v) is 21.3. The molecule has 1 N–H and O–H groups in total. The molecule has 2 amide bonds. The Balaban J connectivity index is 1.70. The zero-order chi connectivity index (χ0) is 25.0. The highest BCUT2D eigenvalue weighted by molar-refractivity contribution is 6.33. The summed E-state index contributed by atoms with van der Waals surface area (Å²) in [7, 11) is 4.50. The standard InChI is InChI=1S/C25H32ClN3O5/c1-25(2,3)24(31)29-11-9-28(10-12-29)19-8-7-17(15-18(19)26)27-23(30)16-13-20(32-4)22(34-6)21(14-16)33-5/h7-8,13-15H,9-12H2,1-6H3,(H,27,30). The molecule has 1 aliphatic rings. The highest BCUT2D eigenvalue weighted by Gasteiger charge is 2.30. The third-order valence-electron chi connectivity index (χ3n) is 5.68. The highest BCUT2D eigenvalue weighted by atomic mass is 35.5. The van der Waals surface area contributed by atoms with E-state index in [4.69, 9.17) is 25.8 Å². The van der Waals surface area contributed by atoms with Gasteiger partial charge >= 0.3 is 0 Å². The number of rotatable bonds is 6. The SMILES string of the molecule is COc1cc(C(=O)Nc2ccc(N3CCN(C(=O)C(C)(C)C)CC3)c(Cl)c2)cc(OC)c1OC. The Hall–Kier alpha value is -3.13. The molecule has 9 heteroatoms.